The topological polar surface area (TPSA) is 69.0 Å². The van der Waals surface area contributed by atoms with E-state index in [1.807, 2.05) is 71.3 Å². The van der Waals surface area contributed by atoms with Crippen LogP contribution in [0.4, 0.5) is 0 Å². The van der Waals surface area contributed by atoms with Gasteiger partial charge in [0.15, 0.2) is 6.61 Å². The Morgan fingerprint density at radius 3 is 2.59 bits per heavy atom. The summed E-state index contributed by atoms with van der Waals surface area (Å²) in [6, 6.07) is 21.0. The Labute approximate surface area is 156 Å². The lowest BCUT2D eigenvalue weighted by molar-refractivity contribution is -0.123. The number of hydrogen-bond donors (Lipinski definition) is 1. The summed E-state index contributed by atoms with van der Waals surface area (Å²) in [5.74, 6) is 1.28. The van der Waals surface area contributed by atoms with Crippen molar-refractivity contribution in [1.82, 2.24) is 19.9 Å². The third-order valence-corrected chi connectivity index (χ3v) is 4.11. The molecule has 6 heteroatoms. The molecular weight excluding hydrogens is 340 g/mol. The van der Waals surface area contributed by atoms with E-state index in [1.165, 1.54) is 0 Å². The highest BCUT2D eigenvalue weighted by atomic mass is 16.5. The Bertz CT molecular complexity index is 1040. The number of nitrogens with one attached hydrogen (secondary N) is 1. The van der Waals surface area contributed by atoms with E-state index in [2.05, 4.69) is 15.3 Å². The quantitative estimate of drug-likeness (QED) is 0.575. The number of fused-ring (bicyclic) bond motifs is 1. The standard InChI is InChI=1S/C21H18N4O2/c26-21(14-27-17-6-2-1-3-7-17)23-13-16-10-11-20(22-12-16)25-15-24-18-8-4-5-9-19(18)25/h1-12,15H,13-14H2,(H,23,26). The molecule has 1 N–H and O–H groups in total. The van der Waals surface area contributed by atoms with E-state index < -0.39 is 0 Å². The second-order valence-electron chi connectivity index (χ2n) is 6.01. The lowest BCUT2D eigenvalue weighted by atomic mass is 10.2. The molecule has 4 aromatic rings. The van der Waals surface area contributed by atoms with Crippen molar-refractivity contribution in [3.8, 4) is 11.6 Å². The molecule has 0 aliphatic carbocycles. The van der Waals surface area contributed by atoms with Gasteiger partial charge in [-0.3, -0.25) is 9.36 Å². The van der Waals surface area contributed by atoms with Crippen LogP contribution in [-0.2, 0) is 11.3 Å². The molecule has 0 fully saturated rings. The van der Waals surface area contributed by atoms with Crippen LogP contribution in [0, 0.1) is 0 Å². The van der Waals surface area contributed by atoms with Gasteiger partial charge in [0.1, 0.15) is 17.9 Å². The molecule has 0 aliphatic heterocycles. The minimum Gasteiger partial charge on any atom is -0.484 e. The molecule has 0 bridgehead atoms. The summed E-state index contributed by atoms with van der Waals surface area (Å²) in [6.45, 7) is 0.380. The van der Waals surface area contributed by atoms with Crippen LogP contribution in [0.1, 0.15) is 5.56 Å². The molecule has 0 radical (unpaired) electrons. The van der Waals surface area contributed by atoms with Crippen LogP contribution in [0.15, 0.2) is 79.3 Å². The van der Waals surface area contributed by atoms with Crippen molar-refractivity contribution in [2.75, 3.05) is 6.61 Å². The van der Waals surface area contributed by atoms with Crippen LogP contribution < -0.4 is 10.1 Å². The molecule has 2 aromatic carbocycles. The number of carbonyl (C=O) groups is 1. The van der Waals surface area contributed by atoms with E-state index in [-0.39, 0.29) is 12.5 Å². The smallest absolute Gasteiger partial charge is 0.258 e. The lowest BCUT2D eigenvalue weighted by Crippen LogP contribution is -2.28. The Morgan fingerprint density at radius 2 is 1.78 bits per heavy atom. The molecule has 0 spiro atoms. The number of nitrogens with zero attached hydrogens (tertiary/aromatic N) is 3. The van der Waals surface area contributed by atoms with E-state index >= 15 is 0 Å². The molecule has 0 saturated carbocycles. The van der Waals surface area contributed by atoms with Gasteiger partial charge in [-0.15, -0.1) is 0 Å². The van der Waals surface area contributed by atoms with Crippen LogP contribution in [0.5, 0.6) is 5.75 Å². The molecule has 4 rings (SSSR count). The number of amides is 1. The summed E-state index contributed by atoms with van der Waals surface area (Å²) in [4.78, 5) is 20.8. The van der Waals surface area contributed by atoms with Crippen molar-refractivity contribution in [2.24, 2.45) is 0 Å². The van der Waals surface area contributed by atoms with E-state index in [9.17, 15) is 4.79 Å². The number of imidazole rings is 1. The van der Waals surface area contributed by atoms with Gasteiger partial charge in [0.25, 0.3) is 5.91 Å². The minimum atomic E-state index is -0.177. The third-order valence-electron chi connectivity index (χ3n) is 4.11. The first-order valence-corrected chi connectivity index (χ1v) is 8.61. The molecular formula is C21H18N4O2. The molecule has 27 heavy (non-hydrogen) atoms. The van der Waals surface area contributed by atoms with E-state index in [4.69, 9.17) is 4.74 Å². The van der Waals surface area contributed by atoms with Crippen molar-refractivity contribution in [1.29, 1.82) is 0 Å². The summed E-state index contributed by atoms with van der Waals surface area (Å²) < 4.78 is 7.36. The highest BCUT2D eigenvalue weighted by Crippen LogP contribution is 2.16. The van der Waals surface area contributed by atoms with Crippen LogP contribution in [0.3, 0.4) is 0 Å². The summed E-state index contributed by atoms with van der Waals surface area (Å²) in [5, 5.41) is 2.83. The fraction of sp³-hybridized carbons (Fsp3) is 0.0952. The van der Waals surface area contributed by atoms with E-state index in [0.29, 0.717) is 12.3 Å². The van der Waals surface area contributed by atoms with Crippen molar-refractivity contribution in [2.45, 2.75) is 6.54 Å². The molecule has 0 aliphatic rings. The second-order valence-corrected chi connectivity index (χ2v) is 6.01. The first kappa shape index (κ1) is 16.8. The zero-order valence-electron chi connectivity index (χ0n) is 14.6. The summed E-state index contributed by atoms with van der Waals surface area (Å²) >= 11 is 0. The largest absolute Gasteiger partial charge is 0.484 e. The van der Waals surface area contributed by atoms with E-state index in [1.54, 1.807) is 12.5 Å². The van der Waals surface area contributed by atoms with Crippen LogP contribution in [0.2, 0.25) is 0 Å². The molecule has 0 unspecified atom stereocenters. The molecule has 0 atom stereocenters. The SMILES string of the molecule is O=C(COc1ccccc1)NCc1ccc(-n2cnc3ccccc32)nc1. The molecule has 2 aromatic heterocycles. The van der Waals surface area contributed by atoms with Crippen molar-refractivity contribution in [3.05, 3.63) is 84.8 Å². The number of hydrogen-bond acceptors (Lipinski definition) is 4. The van der Waals surface area contributed by atoms with Gasteiger partial charge in [-0.2, -0.15) is 0 Å². The van der Waals surface area contributed by atoms with Gasteiger partial charge in [-0.05, 0) is 35.9 Å². The van der Waals surface area contributed by atoms with Crippen LogP contribution in [-0.4, -0.2) is 27.0 Å². The Balaban J connectivity index is 1.35. The Morgan fingerprint density at radius 1 is 0.963 bits per heavy atom. The summed E-state index contributed by atoms with van der Waals surface area (Å²) in [7, 11) is 0. The van der Waals surface area contributed by atoms with Crippen molar-refractivity contribution < 1.29 is 9.53 Å². The number of aromatic nitrogens is 3. The molecule has 134 valence electrons. The highest BCUT2D eigenvalue weighted by Gasteiger charge is 2.06. The van der Waals surface area contributed by atoms with Gasteiger partial charge in [-0.1, -0.05) is 36.4 Å². The first-order valence-electron chi connectivity index (χ1n) is 8.61. The molecule has 2 heterocycles. The second kappa shape index (κ2) is 7.70. The Hall–Kier alpha value is -3.67. The predicted octanol–water partition coefficient (Wildman–Crippen LogP) is 3.12. The maximum absolute atomic E-state index is 11.9. The minimum absolute atomic E-state index is 0.0173. The van der Waals surface area contributed by atoms with Crippen molar-refractivity contribution >= 4 is 16.9 Å². The van der Waals surface area contributed by atoms with Crippen LogP contribution >= 0.6 is 0 Å². The number of benzene rings is 2. The number of rotatable bonds is 6. The fourth-order valence-corrected chi connectivity index (χ4v) is 2.72. The van der Waals surface area contributed by atoms with Gasteiger partial charge in [0.05, 0.1) is 11.0 Å². The van der Waals surface area contributed by atoms with Gasteiger partial charge >= 0.3 is 0 Å². The molecule has 0 saturated heterocycles. The normalized spacial score (nSPS) is 10.7. The molecule has 6 nitrogen and oxygen atoms in total. The fourth-order valence-electron chi connectivity index (χ4n) is 2.72. The lowest BCUT2D eigenvalue weighted by Gasteiger charge is -2.08. The average molecular weight is 358 g/mol. The zero-order valence-corrected chi connectivity index (χ0v) is 14.6. The maximum Gasteiger partial charge on any atom is 0.258 e. The average Bonchev–Trinajstić information content (AvgIpc) is 3.16. The highest BCUT2D eigenvalue weighted by molar-refractivity contribution is 5.77. The third kappa shape index (κ3) is 3.95. The van der Waals surface area contributed by atoms with Gasteiger partial charge in [0.2, 0.25) is 0 Å². The van der Waals surface area contributed by atoms with Crippen molar-refractivity contribution in [3.63, 3.8) is 0 Å². The number of ether oxygens (including phenoxy) is 1. The maximum atomic E-state index is 11.9. The summed E-state index contributed by atoms with van der Waals surface area (Å²) in [6.07, 6.45) is 3.51. The number of carbonyl (C=O) groups excluding carboxylic acids is 1. The first-order chi connectivity index (χ1) is 13.3. The predicted molar refractivity (Wildman–Crippen MR) is 103 cm³/mol. The number of pyridine rings is 1. The molecule has 1 amide bonds. The van der Waals surface area contributed by atoms with E-state index in [0.717, 1.165) is 22.4 Å². The van der Waals surface area contributed by atoms with Gasteiger partial charge in [-0.25, -0.2) is 9.97 Å². The van der Waals surface area contributed by atoms with Gasteiger partial charge in [0, 0.05) is 12.7 Å². The summed E-state index contributed by atoms with van der Waals surface area (Å²) in [5.41, 5.74) is 2.84. The number of para-hydroxylation sites is 3. The Kier molecular flexibility index (Phi) is 4.78. The van der Waals surface area contributed by atoms with Crippen LogP contribution in [0.25, 0.3) is 16.9 Å². The van der Waals surface area contributed by atoms with Gasteiger partial charge < -0.3 is 10.1 Å². The monoisotopic (exact) mass is 358 g/mol. The zero-order chi connectivity index (χ0) is 18.5.